The van der Waals surface area contributed by atoms with E-state index in [0.29, 0.717) is 6.61 Å². The maximum absolute atomic E-state index is 10.9. The molecular formula is C11H18O4. The fraction of sp³-hybridized carbons (Fsp3) is 0.636. The van der Waals surface area contributed by atoms with E-state index >= 15 is 0 Å². The molecule has 0 aromatic heterocycles. The minimum atomic E-state index is -0.502. The van der Waals surface area contributed by atoms with Gasteiger partial charge in [0, 0.05) is 0 Å². The first-order valence-corrected chi connectivity index (χ1v) is 4.99. The van der Waals surface area contributed by atoms with E-state index in [0.717, 1.165) is 6.42 Å². The van der Waals surface area contributed by atoms with E-state index < -0.39 is 5.97 Å². The fourth-order valence-electron chi connectivity index (χ4n) is 0.962. The van der Waals surface area contributed by atoms with Crippen molar-refractivity contribution in [1.82, 2.24) is 0 Å². The highest BCUT2D eigenvalue weighted by molar-refractivity contribution is 5.94. The normalized spacial score (nSPS) is 11.9. The minimum Gasteiger partial charge on any atom is -0.463 e. The van der Waals surface area contributed by atoms with Crippen LogP contribution in [0.3, 0.4) is 0 Å². The van der Waals surface area contributed by atoms with Crippen LogP contribution < -0.4 is 0 Å². The summed E-state index contributed by atoms with van der Waals surface area (Å²) in [5, 5.41) is 0. The van der Waals surface area contributed by atoms with Crippen LogP contribution in [-0.4, -0.2) is 31.1 Å². The monoisotopic (exact) mass is 214 g/mol. The lowest BCUT2D eigenvalue weighted by atomic mass is 10.3. The third-order valence-corrected chi connectivity index (χ3v) is 1.74. The molecule has 15 heavy (non-hydrogen) atoms. The van der Waals surface area contributed by atoms with Crippen LogP contribution in [0.4, 0.5) is 0 Å². The van der Waals surface area contributed by atoms with Crippen molar-refractivity contribution < 1.29 is 19.1 Å². The van der Waals surface area contributed by atoms with Gasteiger partial charge in [0.2, 0.25) is 0 Å². The Balaban J connectivity index is 3.49. The van der Waals surface area contributed by atoms with Gasteiger partial charge in [-0.15, -0.1) is 6.58 Å². The molecule has 4 heteroatoms. The molecule has 0 bridgehead atoms. The second-order valence-corrected chi connectivity index (χ2v) is 3.15. The van der Waals surface area contributed by atoms with Gasteiger partial charge in [0.05, 0.1) is 12.7 Å². The van der Waals surface area contributed by atoms with E-state index in [4.69, 9.17) is 9.47 Å². The molecule has 0 saturated heterocycles. The molecule has 0 saturated carbocycles. The summed E-state index contributed by atoms with van der Waals surface area (Å²) in [5.41, 5.74) is 0. The average molecular weight is 214 g/mol. The number of rotatable bonds is 8. The predicted octanol–water partition coefficient (Wildman–Crippen LogP) is 1.49. The Hall–Kier alpha value is -1.16. The minimum absolute atomic E-state index is 0.00323. The quantitative estimate of drug-likeness (QED) is 0.266. The first-order chi connectivity index (χ1) is 7.10. The van der Waals surface area contributed by atoms with Gasteiger partial charge in [-0.3, -0.25) is 9.59 Å². The van der Waals surface area contributed by atoms with Crippen LogP contribution in [0.2, 0.25) is 0 Å². The zero-order valence-electron chi connectivity index (χ0n) is 9.32. The smallest absolute Gasteiger partial charge is 0.313 e. The van der Waals surface area contributed by atoms with Gasteiger partial charge < -0.3 is 9.47 Å². The van der Waals surface area contributed by atoms with E-state index in [1.54, 1.807) is 6.08 Å². The molecule has 1 atom stereocenters. The SMILES string of the molecule is C=CC(CC)OCCOC(=O)CC(C)=O. The molecule has 0 spiro atoms. The Kier molecular flexibility index (Phi) is 7.54. The van der Waals surface area contributed by atoms with Gasteiger partial charge >= 0.3 is 5.97 Å². The van der Waals surface area contributed by atoms with E-state index in [9.17, 15) is 9.59 Å². The molecule has 0 aliphatic carbocycles. The summed E-state index contributed by atoms with van der Waals surface area (Å²) in [6.45, 7) is 7.44. The standard InChI is InChI=1S/C11H18O4/c1-4-10(5-2)14-6-7-15-11(13)8-9(3)12/h4,10H,1,5-8H2,2-3H3. The number of hydrogen-bond acceptors (Lipinski definition) is 4. The van der Waals surface area contributed by atoms with Gasteiger partial charge in [0.25, 0.3) is 0 Å². The lowest BCUT2D eigenvalue weighted by molar-refractivity contribution is -0.147. The summed E-state index contributed by atoms with van der Waals surface area (Å²) < 4.78 is 10.1. The number of ether oxygens (including phenoxy) is 2. The predicted molar refractivity (Wildman–Crippen MR) is 56.5 cm³/mol. The highest BCUT2D eigenvalue weighted by Crippen LogP contribution is 1.98. The van der Waals surface area contributed by atoms with Gasteiger partial charge in [-0.05, 0) is 13.3 Å². The highest BCUT2D eigenvalue weighted by atomic mass is 16.6. The number of esters is 1. The lowest BCUT2D eigenvalue weighted by Crippen LogP contribution is -2.16. The Morgan fingerprint density at radius 3 is 2.53 bits per heavy atom. The van der Waals surface area contributed by atoms with Crippen LogP contribution in [0.5, 0.6) is 0 Å². The van der Waals surface area contributed by atoms with Crippen molar-refractivity contribution in [3.05, 3.63) is 12.7 Å². The zero-order chi connectivity index (χ0) is 11.7. The van der Waals surface area contributed by atoms with E-state index in [2.05, 4.69) is 6.58 Å². The molecule has 0 aromatic rings. The van der Waals surface area contributed by atoms with E-state index in [1.807, 2.05) is 6.92 Å². The first-order valence-electron chi connectivity index (χ1n) is 4.99. The van der Waals surface area contributed by atoms with Gasteiger partial charge in [-0.1, -0.05) is 13.0 Å². The Bertz CT molecular complexity index is 223. The zero-order valence-corrected chi connectivity index (χ0v) is 9.32. The van der Waals surface area contributed by atoms with Gasteiger partial charge in [0.1, 0.15) is 18.8 Å². The van der Waals surface area contributed by atoms with Crippen LogP contribution in [0, 0.1) is 0 Å². The van der Waals surface area contributed by atoms with Crippen molar-refractivity contribution in [2.75, 3.05) is 13.2 Å². The first kappa shape index (κ1) is 13.8. The van der Waals surface area contributed by atoms with Crippen molar-refractivity contribution >= 4 is 11.8 Å². The van der Waals surface area contributed by atoms with Crippen LogP contribution >= 0.6 is 0 Å². The summed E-state index contributed by atoms with van der Waals surface area (Å²) in [7, 11) is 0. The molecule has 0 aromatic carbocycles. The third kappa shape index (κ3) is 7.88. The molecule has 0 fully saturated rings. The van der Waals surface area contributed by atoms with Gasteiger partial charge in [-0.25, -0.2) is 0 Å². The highest BCUT2D eigenvalue weighted by Gasteiger charge is 2.06. The van der Waals surface area contributed by atoms with Crippen molar-refractivity contribution in [2.24, 2.45) is 0 Å². The van der Waals surface area contributed by atoms with Gasteiger partial charge in [-0.2, -0.15) is 0 Å². The lowest BCUT2D eigenvalue weighted by Gasteiger charge is -2.11. The fourth-order valence-corrected chi connectivity index (χ4v) is 0.962. The second kappa shape index (κ2) is 8.17. The summed E-state index contributed by atoms with van der Waals surface area (Å²) in [6, 6.07) is 0. The molecule has 4 nitrogen and oxygen atoms in total. The molecule has 0 N–H and O–H groups in total. The third-order valence-electron chi connectivity index (χ3n) is 1.74. The molecule has 0 heterocycles. The topological polar surface area (TPSA) is 52.6 Å². The second-order valence-electron chi connectivity index (χ2n) is 3.15. The number of carbonyl (C=O) groups excluding carboxylic acids is 2. The van der Waals surface area contributed by atoms with Crippen molar-refractivity contribution in [3.63, 3.8) is 0 Å². The van der Waals surface area contributed by atoms with E-state index in [-0.39, 0.29) is 24.9 Å². The van der Waals surface area contributed by atoms with Crippen molar-refractivity contribution in [2.45, 2.75) is 32.8 Å². The summed E-state index contributed by atoms with van der Waals surface area (Å²) >= 11 is 0. The maximum atomic E-state index is 10.9. The van der Waals surface area contributed by atoms with Crippen molar-refractivity contribution in [3.8, 4) is 0 Å². The molecule has 0 amide bonds. The number of ketones is 1. The molecular weight excluding hydrogens is 196 g/mol. The molecule has 86 valence electrons. The molecule has 0 aliphatic heterocycles. The Labute approximate surface area is 90.2 Å². The van der Waals surface area contributed by atoms with Crippen molar-refractivity contribution in [1.29, 1.82) is 0 Å². The Morgan fingerprint density at radius 2 is 2.07 bits per heavy atom. The number of hydrogen-bond donors (Lipinski definition) is 0. The maximum Gasteiger partial charge on any atom is 0.313 e. The van der Waals surface area contributed by atoms with Crippen LogP contribution in [0.1, 0.15) is 26.7 Å². The molecule has 0 aliphatic rings. The molecule has 0 radical (unpaired) electrons. The molecule has 0 rings (SSSR count). The van der Waals surface area contributed by atoms with Gasteiger partial charge in [0.15, 0.2) is 0 Å². The number of carbonyl (C=O) groups is 2. The number of Topliss-reactive ketones (excluding diaryl/α,β-unsaturated/α-hetero) is 1. The summed E-state index contributed by atoms with van der Waals surface area (Å²) in [4.78, 5) is 21.5. The average Bonchev–Trinajstić information content (AvgIpc) is 2.17. The molecule has 1 unspecified atom stereocenters. The van der Waals surface area contributed by atoms with E-state index in [1.165, 1.54) is 6.92 Å². The Morgan fingerprint density at radius 1 is 1.40 bits per heavy atom. The largest absolute Gasteiger partial charge is 0.463 e. The van der Waals surface area contributed by atoms with Crippen LogP contribution in [-0.2, 0) is 19.1 Å². The summed E-state index contributed by atoms with van der Waals surface area (Å²) in [5.74, 6) is -0.698. The van der Waals surface area contributed by atoms with Crippen LogP contribution in [0.25, 0.3) is 0 Å². The van der Waals surface area contributed by atoms with Crippen LogP contribution in [0.15, 0.2) is 12.7 Å². The summed E-state index contributed by atoms with van der Waals surface area (Å²) in [6.07, 6.45) is 2.37.